The zero-order valence-electron chi connectivity index (χ0n) is 8.38. The minimum atomic E-state index is 0.468. The van der Waals surface area contributed by atoms with Crippen molar-refractivity contribution < 1.29 is 9.47 Å². The number of hydrogen-bond acceptors (Lipinski definition) is 5. The molecule has 0 bridgehead atoms. The molecule has 0 atom stereocenters. The molecular formula is C9H12N4O2. The van der Waals surface area contributed by atoms with Crippen LogP contribution in [0.4, 0.5) is 5.69 Å². The molecule has 6 heteroatoms. The molecule has 2 N–H and O–H groups in total. The predicted octanol–water partition coefficient (Wildman–Crippen LogP) is 0.337. The Kier molecular flexibility index (Phi) is 2.68. The van der Waals surface area contributed by atoms with Crippen LogP contribution in [0.5, 0.6) is 5.88 Å². The Balaban J connectivity index is 2.16. The summed E-state index contributed by atoms with van der Waals surface area (Å²) in [5, 5.41) is 4.14. The van der Waals surface area contributed by atoms with Crippen molar-refractivity contribution in [2.24, 2.45) is 0 Å². The first kappa shape index (κ1) is 9.72. The molecule has 2 aromatic rings. The fourth-order valence-electron chi connectivity index (χ4n) is 1.17. The molecule has 15 heavy (non-hydrogen) atoms. The first-order valence-corrected chi connectivity index (χ1v) is 4.52. The van der Waals surface area contributed by atoms with Gasteiger partial charge >= 0.3 is 0 Å². The van der Waals surface area contributed by atoms with Gasteiger partial charge in [-0.1, -0.05) is 0 Å². The Labute approximate surface area is 86.6 Å². The smallest absolute Gasteiger partial charge is 0.235 e. The van der Waals surface area contributed by atoms with Crippen molar-refractivity contribution in [1.29, 1.82) is 0 Å². The molecule has 6 nitrogen and oxygen atoms in total. The SMILES string of the molecule is COCCOc1cc2ncc(N)cn2n1. The lowest BCUT2D eigenvalue weighted by Crippen LogP contribution is -2.04. The van der Waals surface area contributed by atoms with E-state index in [2.05, 4.69) is 10.1 Å². The van der Waals surface area contributed by atoms with Crippen molar-refractivity contribution in [2.45, 2.75) is 0 Å². The minimum absolute atomic E-state index is 0.468. The normalized spacial score (nSPS) is 10.7. The lowest BCUT2D eigenvalue weighted by atomic mass is 10.5. The molecule has 0 aliphatic carbocycles. The molecule has 2 heterocycles. The number of aromatic nitrogens is 3. The van der Waals surface area contributed by atoms with Crippen molar-refractivity contribution in [2.75, 3.05) is 26.1 Å². The number of fused-ring (bicyclic) bond motifs is 1. The zero-order valence-corrected chi connectivity index (χ0v) is 8.38. The molecule has 0 saturated carbocycles. The van der Waals surface area contributed by atoms with Gasteiger partial charge in [0.05, 0.1) is 24.7 Å². The number of methoxy groups -OCH3 is 1. The molecule has 2 rings (SSSR count). The van der Waals surface area contributed by atoms with E-state index >= 15 is 0 Å². The summed E-state index contributed by atoms with van der Waals surface area (Å²) in [7, 11) is 1.62. The fraction of sp³-hybridized carbons (Fsp3) is 0.333. The Morgan fingerprint density at radius 2 is 2.33 bits per heavy atom. The minimum Gasteiger partial charge on any atom is -0.474 e. The highest BCUT2D eigenvalue weighted by Crippen LogP contribution is 2.12. The summed E-state index contributed by atoms with van der Waals surface area (Å²) in [6, 6.07) is 1.75. The Bertz CT molecular complexity index is 454. The van der Waals surface area contributed by atoms with E-state index in [1.54, 1.807) is 30.1 Å². The van der Waals surface area contributed by atoms with Crippen molar-refractivity contribution in [3.05, 3.63) is 18.5 Å². The van der Waals surface area contributed by atoms with E-state index in [-0.39, 0.29) is 0 Å². The average molecular weight is 208 g/mol. The first-order chi connectivity index (χ1) is 7.29. The molecule has 0 unspecified atom stereocenters. The van der Waals surface area contributed by atoms with Crippen molar-refractivity contribution in [3.63, 3.8) is 0 Å². The standard InChI is InChI=1S/C9H12N4O2/c1-14-2-3-15-9-4-8-11-5-7(10)6-13(8)12-9/h4-6H,2-3,10H2,1H3. The number of nitrogens with two attached hydrogens (primary N) is 1. The van der Waals surface area contributed by atoms with Crippen LogP contribution in [0.2, 0.25) is 0 Å². The zero-order chi connectivity index (χ0) is 10.7. The van der Waals surface area contributed by atoms with E-state index in [1.165, 1.54) is 0 Å². The molecular weight excluding hydrogens is 196 g/mol. The lowest BCUT2D eigenvalue weighted by Gasteiger charge is -1.99. The van der Waals surface area contributed by atoms with Crippen LogP contribution in [-0.2, 0) is 4.74 Å². The van der Waals surface area contributed by atoms with Gasteiger partial charge in [-0.2, -0.15) is 0 Å². The molecule has 0 radical (unpaired) electrons. The maximum absolute atomic E-state index is 5.57. The second-order valence-electron chi connectivity index (χ2n) is 3.01. The molecule has 0 fully saturated rings. The lowest BCUT2D eigenvalue weighted by molar-refractivity contribution is 0.143. The average Bonchev–Trinajstić information content (AvgIpc) is 2.60. The van der Waals surface area contributed by atoms with Gasteiger partial charge in [0.25, 0.3) is 0 Å². The Morgan fingerprint density at radius 3 is 3.13 bits per heavy atom. The van der Waals surface area contributed by atoms with Gasteiger partial charge in [0, 0.05) is 13.2 Å². The van der Waals surface area contributed by atoms with Gasteiger partial charge in [0.2, 0.25) is 5.88 Å². The Morgan fingerprint density at radius 1 is 1.47 bits per heavy atom. The van der Waals surface area contributed by atoms with Crippen molar-refractivity contribution >= 4 is 11.3 Å². The molecule has 0 aliphatic heterocycles. The maximum Gasteiger partial charge on any atom is 0.235 e. The van der Waals surface area contributed by atoms with E-state index < -0.39 is 0 Å². The summed E-state index contributed by atoms with van der Waals surface area (Å²) >= 11 is 0. The van der Waals surface area contributed by atoms with Crippen LogP contribution >= 0.6 is 0 Å². The summed E-state index contributed by atoms with van der Waals surface area (Å²) in [4.78, 5) is 4.09. The highest BCUT2D eigenvalue weighted by molar-refractivity contribution is 5.45. The maximum atomic E-state index is 5.57. The molecule has 2 aromatic heterocycles. The second kappa shape index (κ2) is 4.14. The molecule has 80 valence electrons. The van der Waals surface area contributed by atoms with Gasteiger partial charge in [-0.3, -0.25) is 0 Å². The second-order valence-corrected chi connectivity index (χ2v) is 3.01. The summed E-state index contributed by atoms with van der Waals surface area (Å²) in [5.41, 5.74) is 6.84. The fourth-order valence-corrected chi connectivity index (χ4v) is 1.17. The highest BCUT2D eigenvalue weighted by atomic mass is 16.5. The molecule has 0 aliphatic rings. The molecule has 0 aromatic carbocycles. The van der Waals surface area contributed by atoms with Crippen LogP contribution < -0.4 is 10.5 Å². The van der Waals surface area contributed by atoms with Gasteiger partial charge in [-0.15, -0.1) is 5.10 Å². The predicted molar refractivity (Wildman–Crippen MR) is 54.8 cm³/mol. The van der Waals surface area contributed by atoms with Gasteiger partial charge in [-0.05, 0) is 0 Å². The van der Waals surface area contributed by atoms with Gasteiger partial charge < -0.3 is 15.2 Å². The van der Waals surface area contributed by atoms with E-state index in [1.807, 2.05) is 0 Å². The number of nitrogen functional groups attached to an aromatic ring is 1. The highest BCUT2D eigenvalue weighted by Gasteiger charge is 2.03. The topological polar surface area (TPSA) is 74.7 Å². The summed E-state index contributed by atoms with van der Waals surface area (Å²) in [6.45, 7) is 0.999. The number of hydrogen-bond donors (Lipinski definition) is 1. The molecule has 0 saturated heterocycles. The van der Waals surface area contributed by atoms with E-state index in [9.17, 15) is 0 Å². The summed E-state index contributed by atoms with van der Waals surface area (Å²) in [6.07, 6.45) is 3.27. The van der Waals surface area contributed by atoms with Gasteiger partial charge in [-0.25, -0.2) is 9.50 Å². The number of nitrogens with zero attached hydrogens (tertiary/aromatic N) is 3. The van der Waals surface area contributed by atoms with Crippen molar-refractivity contribution in [1.82, 2.24) is 14.6 Å². The third-order valence-corrected chi connectivity index (χ3v) is 1.85. The third-order valence-electron chi connectivity index (χ3n) is 1.85. The molecule has 0 spiro atoms. The quantitative estimate of drug-likeness (QED) is 0.733. The largest absolute Gasteiger partial charge is 0.474 e. The van der Waals surface area contributed by atoms with Gasteiger partial charge in [0.1, 0.15) is 6.61 Å². The third kappa shape index (κ3) is 2.16. The number of anilines is 1. The van der Waals surface area contributed by atoms with Crippen LogP contribution in [0.15, 0.2) is 18.5 Å². The van der Waals surface area contributed by atoms with E-state index in [0.29, 0.717) is 30.4 Å². The number of rotatable bonds is 4. The summed E-state index contributed by atoms with van der Waals surface area (Å²) < 4.78 is 11.8. The van der Waals surface area contributed by atoms with E-state index in [4.69, 9.17) is 15.2 Å². The van der Waals surface area contributed by atoms with Gasteiger partial charge in [0.15, 0.2) is 5.65 Å². The van der Waals surface area contributed by atoms with Crippen LogP contribution in [0.3, 0.4) is 0 Å². The van der Waals surface area contributed by atoms with Crippen LogP contribution in [0.1, 0.15) is 0 Å². The first-order valence-electron chi connectivity index (χ1n) is 4.52. The molecule has 0 amide bonds. The Hall–Kier alpha value is -1.82. The summed E-state index contributed by atoms with van der Waals surface area (Å²) in [5.74, 6) is 0.519. The van der Waals surface area contributed by atoms with Crippen LogP contribution in [-0.4, -0.2) is 34.9 Å². The van der Waals surface area contributed by atoms with Crippen molar-refractivity contribution in [3.8, 4) is 5.88 Å². The monoisotopic (exact) mass is 208 g/mol. The number of ether oxygens (including phenoxy) is 2. The van der Waals surface area contributed by atoms with Crippen LogP contribution in [0, 0.1) is 0 Å². The van der Waals surface area contributed by atoms with E-state index in [0.717, 1.165) is 0 Å². The van der Waals surface area contributed by atoms with Crippen LogP contribution in [0.25, 0.3) is 5.65 Å².